The topological polar surface area (TPSA) is 55.4 Å². The smallest absolute Gasteiger partial charge is 0.240 e. The Morgan fingerprint density at radius 3 is 2.42 bits per heavy atom. The first-order valence-electron chi connectivity index (χ1n) is 6.76. The number of hydrogen-bond acceptors (Lipinski definition) is 3. The summed E-state index contributed by atoms with van der Waals surface area (Å²) in [5.74, 6) is 0. The lowest BCUT2D eigenvalue weighted by molar-refractivity contribution is 0.146. The summed E-state index contributed by atoms with van der Waals surface area (Å²) in [5.41, 5.74) is 1.16. The molecular formula is C14H23NO3S. The molecule has 0 atom stereocenters. The molecule has 0 saturated heterocycles. The molecule has 0 unspecified atom stereocenters. The van der Waals surface area contributed by atoms with E-state index < -0.39 is 10.0 Å². The summed E-state index contributed by atoms with van der Waals surface area (Å²) < 4.78 is 31.7. The Hall–Kier alpha value is -0.910. The molecule has 0 bridgehead atoms. The zero-order chi connectivity index (χ0) is 14.1. The largest absolute Gasteiger partial charge is 0.382 e. The van der Waals surface area contributed by atoms with Crippen LogP contribution in [0.15, 0.2) is 29.2 Å². The van der Waals surface area contributed by atoms with Crippen LogP contribution in [0.1, 0.15) is 32.3 Å². The van der Waals surface area contributed by atoms with E-state index in [4.69, 9.17) is 4.74 Å². The SMILES string of the molecule is CCCc1ccc(S(=O)(=O)NCCCOCC)cc1. The van der Waals surface area contributed by atoms with Gasteiger partial charge in [-0.05, 0) is 37.5 Å². The Labute approximate surface area is 116 Å². The van der Waals surface area contributed by atoms with Gasteiger partial charge in [-0.25, -0.2) is 13.1 Å². The quantitative estimate of drug-likeness (QED) is 0.709. The van der Waals surface area contributed by atoms with Gasteiger partial charge in [0.05, 0.1) is 4.90 Å². The van der Waals surface area contributed by atoms with E-state index >= 15 is 0 Å². The van der Waals surface area contributed by atoms with Gasteiger partial charge in [0, 0.05) is 19.8 Å². The van der Waals surface area contributed by atoms with Crippen molar-refractivity contribution in [1.29, 1.82) is 0 Å². The molecule has 1 rings (SSSR count). The molecule has 19 heavy (non-hydrogen) atoms. The normalized spacial score (nSPS) is 11.7. The first-order valence-corrected chi connectivity index (χ1v) is 8.24. The fraction of sp³-hybridized carbons (Fsp3) is 0.571. The van der Waals surface area contributed by atoms with Crippen LogP contribution < -0.4 is 4.72 Å². The zero-order valence-electron chi connectivity index (χ0n) is 11.7. The number of ether oxygens (including phenoxy) is 1. The fourth-order valence-electron chi connectivity index (χ4n) is 1.73. The number of aryl methyl sites for hydroxylation is 1. The van der Waals surface area contributed by atoms with Gasteiger partial charge < -0.3 is 4.74 Å². The van der Waals surface area contributed by atoms with Gasteiger partial charge in [0.1, 0.15) is 0 Å². The molecule has 0 amide bonds. The minimum atomic E-state index is -3.38. The van der Waals surface area contributed by atoms with Crippen molar-refractivity contribution in [3.8, 4) is 0 Å². The Kier molecular flexibility index (Phi) is 7.05. The van der Waals surface area contributed by atoms with Gasteiger partial charge in [0.15, 0.2) is 0 Å². The summed E-state index contributed by atoms with van der Waals surface area (Å²) >= 11 is 0. The number of nitrogens with one attached hydrogen (secondary N) is 1. The standard InChI is InChI=1S/C14H23NO3S/c1-3-6-13-7-9-14(10-8-13)19(16,17)15-11-5-12-18-4-2/h7-10,15H,3-6,11-12H2,1-2H3. The van der Waals surface area contributed by atoms with Crippen molar-refractivity contribution in [3.63, 3.8) is 0 Å². The predicted molar refractivity (Wildman–Crippen MR) is 76.7 cm³/mol. The van der Waals surface area contributed by atoms with E-state index in [0.29, 0.717) is 31.1 Å². The number of benzene rings is 1. The minimum Gasteiger partial charge on any atom is -0.382 e. The van der Waals surface area contributed by atoms with Crippen molar-refractivity contribution < 1.29 is 13.2 Å². The third-order valence-corrected chi connectivity index (χ3v) is 4.21. The van der Waals surface area contributed by atoms with E-state index in [1.165, 1.54) is 0 Å². The maximum atomic E-state index is 12.0. The number of sulfonamides is 1. The molecule has 0 spiro atoms. The monoisotopic (exact) mass is 285 g/mol. The Morgan fingerprint density at radius 1 is 1.16 bits per heavy atom. The van der Waals surface area contributed by atoms with Crippen molar-refractivity contribution >= 4 is 10.0 Å². The second-order valence-corrected chi connectivity index (χ2v) is 6.11. The summed E-state index contributed by atoms with van der Waals surface area (Å²) in [6.07, 6.45) is 2.71. The van der Waals surface area contributed by atoms with Crippen LogP contribution in [0.4, 0.5) is 0 Å². The van der Waals surface area contributed by atoms with E-state index in [0.717, 1.165) is 18.4 Å². The highest BCUT2D eigenvalue weighted by Crippen LogP contribution is 2.11. The highest BCUT2D eigenvalue weighted by Gasteiger charge is 2.12. The van der Waals surface area contributed by atoms with E-state index in [2.05, 4.69) is 11.6 Å². The van der Waals surface area contributed by atoms with Crippen LogP contribution in [0.25, 0.3) is 0 Å². The molecular weight excluding hydrogens is 262 g/mol. The second kappa shape index (κ2) is 8.30. The highest BCUT2D eigenvalue weighted by atomic mass is 32.2. The Bertz CT molecular complexity index is 454. The zero-order valence-corrected chi connectivity index (χ0v) is 12.5. The van der Waals surface area contributed by atoms with Crippen LogP contribution in [0.3, 0.4) is 0 Å². The number of hydrogen-bond donors (Lipinski definition) is 1. The van der Waals surface area contributed by atoms with Gasteiger partial charge in [-0.3, -0.25) is 0 Å². The number of rotatable bonds is 9. The molecule has 108 valence electrons. The van der Waals surface area contributed by atoms with Crippen LogP contribution in [-0.2, 0) is 21.2 Å². The molecule has 1 aromatic rings. The molecule has 1 N–H and O–H groups in total. The maximum Gasteiger partial charge on any atom is 0.240 e. The lowest BCUT2D eigenvalue weighted by atomic mass is 10.1. The van der Waals surface area contributed by atoms with E-state index in [1.807, 2.05) is 19.1 Å². The first kappa shape index (κ1) is 16.1. The third kappa shape index (κ3) is 5.72. The summed E-state index contributed by atoms with van der Waals surface area (Å²) in [5, 5.41) is 0. The molecule has 0 heterocycles. The van der Waals surface area contributed by atoms with Gasteiger partial charge in [0.25, 0.3) is 0 Å². The minimum absolute atomic E-state index is 0.323. The van der Waals surface area contributed by atoms with E-state index in [9.17, 15) is 8.42 Å². The molecule has 0 aromatic heterocycles. The van der Waals surface area contributed by atoms with Crippen molar-refractivity contribution in [1.82, 2.24) is 4.72 Å². The predicted octanol–water partition coefficient (Wildman–Crippen LogP) is 2.34. The maximum absolute atomic E-state index is 12.0. The van der Waals surface area contributed by atoms with Crippen LogP contribution in [0.5, 0.6) is 0 Å². The molecule has 0 radical (unpaired) electrons. The Balaban J connectivity index is 2.52. The highest BCUT2D eigenvalue weighted by molar-refractivity contribution is 7.89. The van der Waals surface area contributed by atoms with Gasteiger partial charge in [-0.15, -0.1) is 0 Å². The Morgan fingerprint density at radius 2 is 1.84 bits per heavy atom. The molecule has 0 fully saturated rings. The molecule has 4 nitrogen and oxygen atoms in total. The summed E-state index contributed by atoms with van der Waals surface area (Å²) in [6, 6.07) is 7.07. The van der Waals surface area contributed by atoms with Gasteiger partial charge in [0.2, 0.25) is 10.0 Å². The van der Waals surface area contributed by atoms with Crippen LogP contribution >= 0.6 is 0 Å². The van der Waals surface area contributed by atoms with E-state index in [1.54, 1.807) is 12.1 Å². The molecule has 0 saturated carbocycles. The van der Waals surface area contributed by atoms with Gasteiger partial charge in [-0.1, -0.05) is 25.5 Å². The lowest BCUT2D eigenvalue weighted by Gasteiger charge is -2.07. The summed E-state index contributed by atoms with van der Waals surface area (Å²) in [6.45, 7) is 5.66. The van der Waals surface area contributed by atoms with Crippen LogP contribution in [0, 0.1) is 0 Å². The van der Waals surface area contributed by atoms with Crippen LogP contribution in [-0.4, -0.2) is 28.2 Å². The van der Waals surface area contributed by atoms with Crippen molar-refractivity contribution in [2.24, 2.45) is 0 Å². The first-order chi connectivity index (χ1) is 9.10. The molecule has 5 heteroatoms. The lowest BCUT2D eigenvalue weighted by Crippen LogP contribution is -2.25. The van der Waals surface area contributed by atoms with E-state index in [-0.39, 0.29) is 0 Å². The molecule has 0 aliphatic rings. The average molecular weight is 285 g/mol. The molecule has 1 aromatic carbocycles. The average Bonchev–Trinajstić information content (AvgIpc) is 2.39. The fourth-order valence-corrected chi connectivity index (χ4v) is 2.81. The molecule has 0 aliphatic heterocycles. The summed E-state index contributed by atoms with van der Waals surface area (Å²) in [4.78, 5) is 0.323. The van der Waals surface area contributed by atoms with Crippen molar-refractivity contribution in [2.75, 3.05) is 19.8 Å². The van der Waals surface area contributed by atoms with Crippen molar-refractivity contribution in [2.45, 2.75) is 38.0 Å². The molecule has 0 aliphatic carbocycles. The summed E-state index contributed by atoms with van der Waals surface area (Å²) in [7, 11) is -3.38. The van der Waals surface area contributed by atoms with Gasteiger partial charge in [-0.2, -0.15) is 0 Å². The third-order valence-electron chi connectivity index (χ3n) is 2.73. The van der Waals surface area contributed by atoms with Crippen LogP contribution in [0.2, 0.25) is 0 Å². The second-order valence-electron chi connectivity index (χ2n) is 4.34. The van der Waals surface area contributed by atoms with Gasteiger partial charge >= 0.3 is 0 Å². The van der Waals surface area contributed by atoms with Crippen molar-refractivity contribution in [3.05, 3.63) is 29.8 Å².